The maximum Gasteiger partial charge on any atom is 0.324 e. The van der Waals surface area contributed by atoms with E-state index >= 15 is 0 Å². The van der Waals surface area contributed by atoms with E-state index in [-0.39, 0.29) is 12.0 Å². The molecule has 0 unspecified atom stereocenters. The molecule has 1 heterocycles. The maximum absolute atomic E-state index is 5.48. The van der Waals surface area contributed by atoms with Gasteiger partial charge >= 0.3 is 12.0 Å². The second-order valence-corrected chi connectivity index (χ2v) is 4.13. The maximum atomic E-state index is 5.48. The second kappa shape index (κ2) is 11.0. The first kappa shape index (κ1) is 17.4. The molecule has 0 saturated carbocycles. The molecule has 0 amide bonds. The van der Waals surface area contributed by atoms with Crippen LogP contribution in [0.1, 0.15) is 19.8 Å². The molecule has 0 fully saturated rings. The highest BCUT2D eigenvalue weighted by Crippen LogP contribution is 2.12. The van der Waals surface area contributed by atoms with Crippen LogP contribution in [0, 0.1) is 0 Å². The Labute approximate surface area is 125 Å². The Morgan fingerprint density at radius 3 is 2.24 bits per heavy atom. The third-order valence-corrected chi connectivity index (χ3v) is 2.35. The van der Waals surface area contributed by atoms with Crippen molar-refractivity contribution in [2.24, 2.45) is 0 Å². The number of ether oxygens (including phenoxy) is 4. The molecule has 0 atom stereocenters. The smallest absolute Gasteiger partial charge is 0.324 e. The molecular weight excluding hydrogens is 276 g/mol. The molecule has 1 aromatic rings. The van der Waals surface area contributed by atoms with E-state index < -0.39 is 0 Å². The highest BCUT2D eigenvalue weighted by molar-refractivity contribution is 5.26. The van der Waals surface area contributed by atoms with Crippen LogP contribution >= 0.6 is 0 Å². The Morgan fingerprint density at radius 1 is 0.905 bits per heavy atom. The lowest BCUT2D eigenvalue weighted by atomic mass is 10.5. The lowest BCUT2D eigenvalue weighted by molar-refractivity contribution is 0.0638. The van der Waals surface area contributed by atoms with Gasteiger partial charge in [0.15, 0.2) is 0 Å². The summed E-state index contributed by atoms with van der Waals surface area (Å²) in [6.45, 7) is 4.82. The number of hydrogen-bond donors (Lipinski definition) is 1. The summed E-state index contributed by atoms with van der Waals surface area (Å²) in [6.07, 6.45) is 1.63. The Morgan fingerprint density at radius 2 is 1.62 bits per heavy atom. The first-order chi connectivity index (χ1) is 10.3. The fraction of sp³-hybridized carbons (Fsp3) is 0.769. The molecule has 120 valence electrons. The van der Waals surface area contributed by atoms with Crippen molar-refractivity contribution >= 4 is 5.95 Å². The molecule has 0 aliphatic rings. The van der Waals surface area contributed by atoms with E-state index in [0.29, 0.717) is 39.0 Å². The molecule has 1 rings (SSSR count). The quantitative estimate of drug-likeness (QED) is 0.575. The fourth-order valence-electron chi connectivity index (χ4n) is 1.34. The average molecular weight is 300 g/mol. The molecule has 0 aliphatic carbocycles. The first-order valence-electron chi connectivity index (χ1n) is 7.06. The summed E-state index contributed by atoms with van der Waals surface area (Å²) in [7, 11) is 3.37. The molecular formula is C13H24N4O4. The topological polar surface area (TPSA) is 87.6 Å². The van der Waals surface area contributed by atoms with E-state index in [1.165, 1.54) is 0 Å². The summed E-state index contributed by atoms with van der Waals surface area (Å²) in [4.78, 5) is 12.3. The zero-order valence-electron chi connectivity index (χ0n) is 12.9. The van der Waals surface area contributed by atoms with Crippen LogP contribution in [-0.4, -0.2) is 62.1 Å². The summed E-state index contributed by atoms with van der Waals surface area (Å²) < 4.78 is 21.1. The van der Waals surface area contributed by atoms with E-state index in [1.54, 1.807) is 14.2 Å². The summed E-state index contributed by atoms with van der Waals surface area (Å²) >= 11 is 0. The van der Waals surface area contributed by atoms with Crippen LogP contribution in [0.2, 0.25) is 0 Å². The summed E-state index contributed by atoms with van der Waals surface area (Å²) in [6, 6.07) is 0.514. The predicted molar refractivity (Wildman–Crippen MR) is 78.0 cm³/mol. The van der Waals surface area contributed by atoms with Crippen molar-refractivity contribution in [1.29, 1.82) is 0 Å². The second-order valence-electron chi connectivity index (χ2n) is 4.13. The highest BCUT2D eigenvalue weighted by Gasteiger charge is 2.07. The first-order valence-corrected chi connectivity index (χ1v) is 7.06. The molecule has 0 aliphatic heterocycles. The van der Waals surface area contributed by atoms with Crippen LogP contribution < -0.4 is 14.8 Å². The number of rotatable bonds is 12. The van der Waals surface area contributed by atoms with Gasteiger partial charge in [-0.2, -0.15) is 9.97 Å². The third kappa shape index (κ3) is 7.62. The Hall–Kier alpha value is -1.67. The summed E-state index contributed by atoms with van der Waals surface area (Å²) in [5.74, 6) is 0.419. The lowest BCUT2D eigenvalue weighted by Gasteiger charge is -2.08. The van der Waals surface area contributed by atoms with Crippen LogP contribution in [0.5, 0.6) is 12.0 Å². The largest absolute Gasteiger partial charge is 0.463 e. The van der Waals surface area contributed by atoms with Crippen LogP contribution in [0.15, 0.2) is 0 Å². The standard InChI is InChI=1S/C13H24N4O4/c1-4-6-20-12-15-11(14-2)16-13(17-12)21-8-5-7-19-10-9-18-3/h4-10H2,1-3H3,(H,14,15,16,17). The molecule has 0 bridgehead atoms. The van der Waals surface area contributed by atoms with Gasteiger partial charge in [0.05, 0.1) is 26.4 Å². The van der Waals surface area contributed by atoms with Crippen LogP contribution in [0.3, 0.4) is 0 Å². The van der Waals surface area contributed by atoms with Crippen molar-refractivity contribution in [1.82, 2.24) is 15.0 Å². The molecule has 0 saturated heterocycles. The fourth-order valence-corrected chi connectivity index (χ4v) is 1.34. The zero-order valence-corrected chi connectivity index (χ0v) is 12.9. The number of aromatic nitrogens is 3. The molecule has 0 radical (unpaired) electrons. The zero-order chi connectivity index (χ0) is 15.3. The van der Waals surface area contributed by atoms with E-state index in [9.17, 15) is 0 Å². The Bertz CT molecular complexity index is 392. The van der Waals surface area contributed by atoms with Gasteiger partial charge in [0.1, 0.15) is 0 Å². The summed E-state index contributed by atoms with van der Waals surface area (Å²) in [5, 5.41) is 2.85. The van der Waals surface area contributed by atoms with E-state index in [4.69, 9.17) is 18.9 Å². The highest BCUT2D eigenvalue weighted by atomic mass is 16.5. The SMILES string of the molecule is CCCOc1nc(NC)nc(OCCCOCCOC)n1. The molecule has 21 heavy (non-hydrogen) atoms. The number of anilines is 1. The van der Waals surface area contributed by atoms with Crippen molar-refractivity contribution in [3.05, 3.63) is 0 Å². The van der Waals surface area contributed by atoms with Crippen LogP contribution in [-0.2, 0) is 9.47 Å². The number of nitrogens with one attached hydrogen (secondary N) is 1. The van der Waals surface area contributed by atoms with Crippen molar-refractivity contribution in [3.63, 3.8) is 0 Å². The number of methoxy groups -OCH3 is 1. The van der Waals surface area contributed by atoms with Gasteiger partial charge in [0.25, 0.3) is 0 Å². The third-order valence-electron chi connectivity index (χ3n) is 2.35. The van der Waals surface area contributed by atoms with Gasteiger partial charge in [-0.3, -0.25) is 0 Å². The van der Waals surface area contributed by atoms with Crippen molar-refractivity contribution in [2.45, 2.75) is 19.8 Å². The minimum absolute atomic E-state index is 0.248. The minimum Gasteiger partial charge on any atom is -0.463 e. The van der Waals surface area contributed by atoms with E-state index in [1.807, 2.05) is 6.92 Å². The lowest BCUT2D eigenvalue weighted by Crippen LogP contribution is -2.10. The minimum atomic E-state index is 0.248. The van der Waals surface area contributed by atoms with Crippen molar-refractivity contribution < 1.29 is 18.9 Å². The predicted octanol–water partition coefficient (Wildman–Crippen LogP) is 1.13. The summed E-state index contributed by atoms with van der Waals surface area (Å²) in [5.41, 5.74) is 0. The van der Waals surface area contributed by atoms with Gasteiger partial charge in [0.2, 0.25) is 5.95 Å². The number of nitrogens with zero attached hydrogens (tertiary/aromatic N) is 3. The van der Waals surface area contributed by atoms with Gasteiger partial charge in [-0.15, -0.1) is 4.98 Å². The molecule has 0 spiro atoms. The van der Waals surface area contributed by atoms with Gasteiger partial charge in [-0.25, -0.2) is 0 Å². The van der Waals surface area contributed by atoms with E-state index in [0.717, 1.165) is 12.8 Å². The van der Waals surface area contributed by atoms with E-state index in [2.05, 4.69) is 20.3 Å². The van der Waals surface area contributed by atoms with Crippen molar-refractivity contribution in [3.8, 4) is 12.0 Å². The van der Waals surface area contributed by atoms with Gasteiger partial charge in [-0.1, -0.05) is 6.92 Å². The van der Waals surface area contributed by atoms with Crippen LogP contribution in [0.4, 0.5) is 5.95 Å². The van der Waals surface area contributed by atoms with Crippen molar-refractivity contribution in [2.75, 3.05) is 52.5 Å². The number of hydrogen-bond acceptors (Lipinski definition) is 8. The Kier molecular flexibility index (Phi) is 9.14. The molecule has 0 aromatic carbocycles. The normalized spacial score (nSPS) is 10.4. The Balaban J connectivity index is 2.35. The molecule has 1 N–H and O–H groups in total. The van der Waals surface area contributed by atoms with Gasteiger partial charge in [-0.05, 0) is 6.42 Å². The van der Waals surface area contributed by atoms with Gasteiger partial charge in [0, 0.05) is 27.2 Å². The molecule has 8 heteroatoms. The van der Waals surface area contributed by atoms with Crippen LogP contribution in [0.25, 0.3) is 0 Å². The monoisotopic (exact) mass is 300 g/mol. The molecule has 1 aromatic heterocycles. The molecule has 8 nitrogen and oxygen atoms in total. The van der Waals surface area contributed by atoms with Gasteiger partial charge < -0.3 is 24.3 Å². The average Bonchev–Trinajstić information content (AvgIpc) is 2.51.